The molecule has 0 radical (unpaired) electrons. The van der Waals surface area contributed by atoms with Crippen LogP contribution in [0.15, 0.2) is 42.7 Å². The van der Waals surface area contributed by atoms with Gasteiger partial charge in [-0.25, -0.2) is 0 Å². The maximum Gasteiger partial charge on any atom is 0.162 e. The number of hydrogen-bond acceptors (Lipinski definition) is 3. The van der Waals surface area contributed by atoms with E-state index in [9.17, 15) is 0 Å². The molecule has 0 N–H and O–H groups in total. The number of nitrogens with zero attached hydrogens (tertiary/aromatic N) is 3. The van der Waals surface area contributed by atoms with E-state index in [1.54, 1.807) is 6.20 Å². The molecule has 0 unspecified atom stereocenters. The fraction of sp³-hybridized carbons (Fsp3) is 0.250. The third-order valence-corrected chi connectivity index (χ3v) is 3.45. The van der Waals surface area contributed by atoms with Gasteiger partial charge in [0.05, 0.1) is 23.0 Å². The number of benzene rings is 1. The lowest BCUT2D eigenvalue weighted by Gasteiger charge is -2.11. The molecule has 1 aromatic carbocycles. The Morgan fingerprint density at radius 3 is 2.76 bits per heavy atom. The summed E-state index contributed by atoms with van der Waals surface area (Å²) in [5, 5.41) is 5.65. The molecule has 0 saturated carbocycles. The molecule has 3 aromatic rings. The monoisotopic (exact) mass is 301 g/mol. The van der Waals surface area contributed by atoms with E-state index in [-0.39, 0.29) is 6.07 Å². The topological polar surface area (TPSA) is 39.9 Å². The number of halogens is 1. The minimum atomic E-state index is 0.0813. The van der Waals surface area contributed by atoms with Crippen molar-refractivity contribution in [2.24, 2.45) is 0 Å². The molecule has 2 aromatic heterocycles. The number of aromatic nitrogens is 3. The van der Waals surface area contributed by atoms with Gasteiger partial charge >= 0.3 is 0 Å². The Kier molecular flexibility index (Phi) is 3.80. The third-order valence-electron chi connectivity index (χ3n) is 3.34. The van der Waals surface area contributed by atoms with Crippen LogP contribution >= 0.6 is 11.6 Å². The van der Waals surface area contributed by atoms with Crippen LogP contribution in [0.3, 0.4) is 0 Å². The molecule has 3 rings (SSSR count). The lowest BCUT2D eigenvalue weighted by Crippen LogP contribution is -2.01. The number of fused-ring (bicyclic) bond motifs is 1. The minimum absolute atomic E-state index is 0.0813. The molecule has 4 nitrogen and oxygen atoms in total. The van der Waals surface area contributed by atoms with Crippen molar-refractivity contribution in [2.45, 2.75) is 19.9 Å². The second-order valence-corrected chi connectivity index (χ2v) is 5.26. The van der Waals surface area contributed by atoms with Crippen LogP contribution in [0.2, 0.25) is 0 Å². The first-order valence-electron chi connectivity index (χ1n) is 6.82. The largest absolute Gasteiger partial charge is 0.476 e. The predicted octanol–water partition coefficient (Wildman–Crippen LogP) is 4.25. The van der Waals surface area contributed by atoms with Gasteiger partial charge < -0.3 is 4.74 Å². The molecular weight excluding hydrogens is 286 g/mol. The number of ether oxygens (including phenoxy) is 1. The fourth-order valence-corrected chi connectivity index (χ4v) is 2.43. The number of hydrogen-bond donors (Lipinski definition) is 0. The second-order valence-electron chi connectivity index (χ2n) is 5.04. The van der Waals surface area contributed by atoms with Gasteiger partial charge in [0, 0.05) is 17.6 Å². The maximum absolute atomic E-state index is 5.73. The third kappa shape index (κ3) is 2.59. The Hall–Kier alpha value is -2.07. The van der Waals surface area contributed by atoms with Gasteiger partial charge in [0.25, 0.3) is 0 Å². The van der Waals surface area contributed by atoms with E-state index in [1.807, 2.05) is 41.2 Å². The molecule has 0 amide bonds. The van der Waals surface area contributed by atoms with E-state index in [0.717, 1.165) is 22.2 Å². The highest BCUT2D eigenvalue weighted by atomic mass is 35.5. The van der Waals surface area contributed by atoms with Crippen molar-refractivity contribution in [1.82, 2.24) is 14.8 Å². The van der Waals surface area contributed by atoms with Crippen LogP contribution in [0.5, 0.6) is 5.75 Å². The van der Waals surface area contributed by atoms with E-state index in [4.69, 9.17) is 16.3 Å². The molecule has 21 heavy (non-hydrogen) atoms. The zero-order valence-corrected chi connectivity index (χ0v) is 12.7. The van der Waals surface area contributed by atoms with Gasteiger partial charge in [-0.3, -0.25) is 9.67 Å². The summed E-state index contributed by atoms with van der Waals surface area (Å²) in [4.78, 5) is 4.41. The van der Waals surface area contributed by atoms with Crippen LogP contribution in [-0.2, 0) is 0 Å². The Morgan fingerprint density at radius 2 is 2.05 bits per heavy atom. The molecule has 0 bridgehead atoms. The number of para-hydroxylation sites is 1. The predicted molar refractivity (Wildman–Crippen MR) is 84.7 cm³/mol. The van der Waals surface area contributed by atoms with E-state index in [0.29, 0.717) is 11.8 Å². The second kappa shape index (κ2) is 5.74. The number of rotatable bonds is 4. The zero-order chi connectivity index (χ0) is 14.8. The highest BCUT2D eigenvalue weighted by Crippen LogP contribution is 2.35. The van der Waals surface area contributed by atoms with Crippen LogP contribution < -0.4 is 4.74 Å². The van der Waals surface area contributed by atoms with Gasteiger partial charge in [-0.05, 0) is 26.0 Å². The van der Waals surface area contributed by atoms with Crippen molar-refractivity contribution in [3.63, 3.8) is 0 Å². The van der Waals surface area contributed by atoms with Crippen molar-refractivity contribution < 1.29 is 4.74 Å². The molecule has 0 saturated heterocycles. The first-order chi connectivity index (χ1) is 10.2. The number of alkyl halides is 1. The standard InChI is InChI=1S/C16H16ClN3O/c1-11(2)20-8-7-14(19-20)16-12-5-3-4-6-13(12)18-9-15(16)21-10-17/h3-9,11H,10H2,1-2H3. The SMILES string of the molecule is CC(C)n1ccc(-c2c(OCCl)cnc3ccccc23)n1. The normalized spacial score (nSPS) is 11.2. The quantitative estimate of drug-likeness (QED) is 0.676. The Morgan fingerprint density at radius 1 is 1.24 bits per heavy atom. The van der Waals surface area contributed by atoms with Crippen molar-refractivity contribution >= 4 is 22.5 Å². The lowest BCUT2D eigenvalue weighted by molar-refractivity contribution is 0.388. The maximum atomic E-state index is 5.73. The molecule has 2 heterocycles. The van der Waals surface area contributed by atoms with Crippen LogP contribution in [0.25, 0.3) is 22.2 Å². The molecule has 0 aliphatic carbocycles. The van der Waals surface area contributed by atoms with E-state index < -0.39 is 0 Å². The molecule has 0 fully saturated rings. The molecule has 0 spiro atoms. The summed E-state index contributed by atoms with van der Waals surface area (Å²) in [6, 6.07) is 10.3. The highest BCUT2D eigenvalue weighted by Gasteiger charge is 2.15. The van der Waals surface area contributed by atoms with Gasteiger partial charge in [0.1, 0.15) is 5.75 Å². The summed E-state index contributed by atoms with van der Waals surface area (Å²) in [7, 11) is 0. The minimum Gasteiger partial charge on any atom is -0.476 e. The highest BCUT2D eigenvalue weighted by molar-refractivity contribution is 6.17. The molecule has 0 aliphatic rings. The first-order valence-corrected chi connectivity index (χ1v) is 7.36. The Balaban J connectivity index is 2.23. The first kappa shape index (κ1) is 13.9. The van der Waals surface area contributed by atoms with Crippen molar-refractivity contribution in [3.05, 3.63) is 42.7 Å². The molecule has 5 heteroatoms. The smallest absolute Gasteiger partial charge is 0.162 e. The Labute approximate surface area is 128 Å². The van der Waals surface area contributed by atoms with Crippen molar-refractivity contribution in [2.75, 3.05) is 6.07 Å². The van der Waals surface area contributed by atoms with Crippen LogP contribution in [-0.4, -0.2) is 20.8 Å². The van der Waals surface area contributed by atoms with Crippen LogP contribution in [0, 0.1) is 0 Å². The average molecular weight is 302 g/mol. The van der Waals surface area contributed by atoms with Gasteiger partial charge in [-0.2, -0.15) is 5.10 Å². The van der Waals surface area contributed by atoms with E-state index in [2.05, 4.69) is 23.9 Å². The van der Waals surface area contributed by atoms with Crippen molar-refractivity contribution in [3.8, 4) is 17.0 Å². The summed E-state index contributed by atoms with van der Waals surface area (Å²) in [6.07, 6.45) is 3.67. The fourth-order valence-electron chi connectivity index (χ4n) is 2.31. The molecule has 0 atom stereocenters. The zero-order valence-electron chi connectivity index (χ0n) is 12.0. The number of pyridine rings is 1. The van der Waals surface area contributed by atoms with Gasteiger partial charge in [0.15, 0.2) is 6.07 Å². The summed E-state index contributed by atoms with van der Waals surface area (Å²) in [5.41, 5.74) is 2.71. The summed E-state index contributed by atoms with van der Waals surface area (Å²) < 4.78 is 7.45. The lowest BCUT2D eigenvalue weighted by atomic mass is 10.1. The van der Waals surface area contributed by atoms with Crippen LogP contribution in [0.1, 0.15) is 19.9 Å². The van der Waals surface area contributed by atoms with E-state index in [1.165, 1.54) is 0 Å². The molecule has 0 aliphatic heterocycles. The molecular formula is C16H16ClN3O. The Bertz CT molecular complexity index is 767. The average Bonchev–Trinajstić information content (AvgIpc) is 2.97. The summed E-state index contributed by atoms with van der Waals surface area (Å²) >= 11 is 5.73. The summed E-state index contributed by atoms with van der Waals surface area (Å²) in [6.45, 7) is 4.19. The van der Waals surface area contributed by atoms with Gasteiger partial charge in [-0.15, -0.1) is 0 Å². The summed E-state index contributed by atoms with van der Waals surface area (Å²) in [5.74, 6) is 0.651. The molecule has 108 valence electrons. The van der Waals surface area contributed by atoms with Gasteiger partial charge in [-0.1, -0.05) is 29.8 Å². The van der Waals surface area contributed by atoms with E-state index >= 15 is 0 Å². The van der Waals surface area contributed by atoms with Gasteiger partial charge in [0.2, 0.25) is 0 Å². The van der Waals surface area contributed by atoms with Crippen molar-refractivity contribution in [1.29, 1.82) is 0 Å². The van der Waals surface area contributed by atoms with Crippen LogP contribution in [0.4, 0.5) is 0 Å².